The number of hydrogen-bond donors (Lipinski definition) is 0. The number of rotatable bonds is 4. The summed E-state index contributed by atoms with van der Waals surface area (Å²) in [4.78, 5) is 4.65. The normalized spacial score (nSPS) is 11.2. The fraction of sp³-hybridized carbons (Fsp3) is 0.150. The number of pyridine rings is 1. The van der Waals surface area contributed by atoms with Gasteiger partial charge in [0.15, 0.2) is 11.5 Å². The fourth-order valence-electron chi connectivity index (χ4n) is 2.57. The van der Waals surface area contributed by atoms with E-state index in [0.29, 0.717) is 16.5 Å². The Morgan fingerprint density at radius 1 is 0.958 bits per heavy atom. The molecule has 3 rings (SSSR count). The molecule has 3 nitrogen and oxygen atoms in total. The van der Waals surface area contributed by atoms with Gasteiger partial charge in [-0.3, -0.25) is 0 Å². The molecule has 0 radical (unpaired) electrons. The van der Waals surface area contributed by atoms with Crippen LogP contribution in [-0.2, 0) is 0 Å². The zero-order chi connectivity index (χ0) is 17.1. The van der Waals surface area contributed by atoms with Crippen molar-refractivity contribution in [3.05, 3.63) is 64.3 Å². The van der Waals surface area contributed by atoms with Crippen LogP contribution in [0.5, 0.6) is 11.5 Å². The van der Waals surface area contributed by atoms with Crippen molar-refractivity contribution < 1.29 is 9.47 Å². The first-order chi connectivity index (χ1) is 11.6. The summed E-state index contributed by atoms with van der Waals surface area (Å²) in [6.07, 6.45) is 3.91. The van der Waals surface area contributed by atoms with Crippen molar-refractivity contribution >= 4 is 34.7 Å². The molecule has 0 fully saturated rings. The molecule has 4 heteroatoms. The van der Waals surface area contributed by atoms with Gasteiger partial charge >= 0.3 is 0 Å². The number of methoxy groups -OCH3 is 2. The van der Waals surface area contributed by atoms with Crippen LogP contribution in [0.15, 0.2) is 42.5 Å². The summed E-state index contributed by atoms with van der Waals surface area (Å²) in [7, 11) is 3.16. The summed E-state index contributed by atoms with van der Waals surface area (Å²) < 4.78 is 10.6. The zero-order valence-electron chi connectivity index (χ0n) is 13.8. The highest BCUT2D eigenvalue weighted by Gasteiger charge is 2.09. The molecule has 0 unspecified atom stereocenters. The summed E-state index contributed by atoms with van der Waals surface area (Å²) in [6.45, 7) is 2.08. The Morgan fingerprint density at radius 2 is 1.79 bits per heavy atom. The Balaban J connectivity index is 1.93. The van der Waals surface area contributed by atoms with Crippen molar-refractivity contribution in [3.8, 4) is 11.5 Å². The van der Waals surface area contributed by atoms with Gasteiger partial charge in [0, 0.05) is 5.39 Å². The third kappa shape index (κ3) is 3.36. The van der Waals surface area contributed by atoms with Crippen LogP contribution in [0.1, 0.15) is 16.8 Å². The van der Waals surface area contributed by atoms with Gasteiger partial charge in [0.25, 0.3) is 0 Å². The number of hydrogen-bond acceptors (Lipinski definition) is 3. The Bertz CT molecular complexity index is 919. The van der Waals surface area contributed by atoms with E-state index in [9.17, 15) is 0 Å². The van der Waals surface area contributed by atoms with E-state index < -0.39 is 0 Å². The first-order valence-corrected chi connectivity index (χ1v) is 7.95. The zero-order valence-corrected chi connectivity index (χ0v) is 14.6. The molecule has 0 aliphatic rings. The van der Waals surface area contributed by atoms with Gasteiger partial charge in [-0.2, -0.15) is 0 Å². The number of nitrogens with zero attached hydrogens (tertiary/aromatic N) is 1. The highest BCUT2D eigenvalue weighted by atomic mass is 35.5. The fourth-order valence-corrected chi connectivity index (χ4v) is 2.87. The Labute approximate surface area is 146 Å². The summed E-state index contributed by atoms with van der Waals surface area (Å²) in [5.41, 5.74) is 4.02. The number of halogens is 1. The maximum Gasteiger partial charge on any atom is 0.179 e. The molecule has 0 bridgehead atoms. The molecule has 24 heavy (non-hydrogen) atoms. The molecule has 122 valence electrons. The van der Waals surface area contributed by atoms with E-state index in [4.69, 9.17) is 21.1 Å². The number of ether oxygens (including phenoxy) is 2. The van der Waals surface area contributed by atoms with Gasteiger partial charge in [0.2, 0.25) is 0 Å². The molecule has 1 aromatic heterocycles. The smallest absolute Gasteiger partial charge is 0.179 e. The van der Waals surface area contributed by atoms with E-state index in [1.165, 1.54) is 5.56 Å². The van der Waals surface area contributed by atoms with Crippen LogP contribution in [0.3, 0.4) is 0 Å². The molecule has 3 aromatic rings. The van der Waals surface area contributed by atoms with E-state index in [2.05, 4.69) is 30.1 Å². The van der Waals surface area contributed by atoms with Crippen molar-refractivity contribution in [3.63, 3.8) is 0 Å². The minimum Gasteiger partial charge on any atom is -0.493 e. The topological polar surface area (TPSA) is 31.4 Å². The van der Waals surface area contributed by atoms with Crippen molar-refractivity contribution in [1.29, 1.82) is 0 Å². The van der Waals surface area contributed by atoms with E-state index in [-0.39, 0.29) is 0 Å². The highest BCUT2D eigenvalue weighted by Crippen LogP contribution is 2.36. The van der Waals surface area contributed by atoms with Gasteiger partial charge in [0.05, 0.1) is 30.5 Å². The molecular formula is C20H18ClNO2. The average Bonchev–Trinajstić information content (AvgIpc) is 2.59. The lowest BCUT2D eigenvalue weighted by Crippen LogP contribution is -1.92. The third-order valence-electron chi connectivity index (χ3n) is 3.77. The number of aryl methyl sites for hydroxylation is 1. The van der Waals surface area contributed by atoms with Crippen molar-refractivity contribution in [2.45, 2.75) is 6.92 Å². The molecule has 0 N–H and O–H groups in total. The van der Waals surface area contributed by atoms with Crippen molar-refractivity contribution in [1.82, 2.24) is 4.98 Å². The van der Waals surface area contributed by atoms with Crippen LogP contribution in [0.25, 0.3) is 23.1 Å². The summed E-state index contributed by atoms with van der Waals surface area (Å²) in [6, 6.07) is 14.0. The number of fused-ring (bicyclic) bond motifs is 1. The maximum atomic E-state index is 6.23. The number of aromatic nitrogens is 1. The largest absolute Gasteiger partial charge is 0.493 e. The van der Waals surface area contributed by atoms with Gasteiger partial charge in [0.1, 0.15) is 0 Å². The van der Waals surface area contributed by atoms with Crippen molar-refractivity contribution in [2.24, 2.45) is 0 Å². The van der Waals surface area contributed by atoms with Gasteiger partial charge in [-0.25, -0.2) is 4.98 Å². The summed E-state index contributed by atoms with van der Waals surface area (Å²) >= 11 is 6.23. The molecule has 0 saturated heterocycles. The first kappa shape index (κ1) is 16.3. The van der Waals surface area contributed by atoms with Gasteiger partial charge in [-0.15, -0.1) is 0 Å². The molecule has 0 aliphatic heterocycles. The molecule has 0 aliphatic carbocycles. The Morgan fingerprint density at radius 3 is 2.54 bits per heavy atom. The Kier molecular flexibility index (Phi) is 4.72. The van der Waals surface area contributed by atoms with Crippen LogP contribution in [0.4, 0.5) is 0 Å². The number of benzene rings is 2. The summed E-state index contributed by atoms with van der Waals surface area (Å²) in [5, 5.41) is 1.65. The average molecular weight is 340 g/mol. The van der Waals surface area contributed by atoms with Crippen molar-refractivity contribution in [2.75, 3.05) is 14.2 Å². The molecule has 2 aromatic carbocycles. The predicted molar refractivity (Wildman–Crippen MR) is 100.0 cm³/mol. The molecule has 0 spiro atoms. The lowest BCUT2D eigenvalue weighted by molar-refractivity contribution is 0.355. The lowest BCUT2D eigenvalue weighted by Gasteiger charge is -2.10. The molecule has 1 heterocycles. The van der Waals surface area contributed by atoms with Crippen LogP contribution in [0, 0.1) is 6.92 Å². The van der Waals surface area contributed by atoms with E-state index in [0.717, 1.165) is 22.2 Å². The lowest BCUT2D eigenvalue weighted by atomic mass is 10.1. The first-order valence-electron chi connectivity index (χ1n) is 7.58. The van der Waals surface area contributed by atoms with Gasteiger partial charge in [-0.05, 0) is 48.9 Å². The van der Waals surface area contributed by atoms with Crippen LogP contribution >= 0.6 is 11.6 Å². The second-order valence-corrected chi connectivity index (χ2v) is 5.91. The maximum absolute atomic E-state index is 6.23. The van der Waals surface area contributed by atoms with E-state index in [1.54, 1.807) is 14.2 Å². The second-order valence-electron chi connectivity index (χ2n) is 5.50. The van der Waals surface area contributed by atoms with Crippen LogP contribution < -0.4 is 9.47 Å². The SMILES string of the molecule is COc1cc(/C=C/c2ccc3cc(C)ccc3n2)cc(Cl)c1OC. The molecule has 0 amide bonds. The molecule has 0 atom stereocenters. The van der Waals surface area contributed by atoms with E-state index in [1.807, 2.05) is 36.4 Å². The van der Waals surface area contributed by atoms with Gasteiger partial charge in [-0.1, -0.05) is 35.4 Å². The highest BCUT2D eigenvalue weighted by molar-refractivity contribution is 6.32. The summed E-state index contributed by atoms with van der Waals surface area (Å²) in [5.74, 6) is 1.14. The standard InChI is InChI=1S/C20H18ClNO2/c1-13-4-9-18-15(10-13)6-8-16(22-18)7-5-14-11-17(21)20(24-3)19(12-14)23-2/h4-12H,1-3H3/b7-5+. The Hall–Kier alpha value is -2.52. The minimum absolute atomic E-state index is 0.512. The van der Waals surface area contributed by atoms with E-state index >= 15 is 0 Å². The predicted octanol–water partition coefficient (Wildman–Crippen LogP) is 5.38. The monoisotopic (exact) mass is 339 g/mol. The minimum atomic E-state index is 0.512. The third-order valence-corrected chi connectivity index (χ3v) is 4.05. The second kappa shape index (κ2) is 6.93. The van der Waals surface area contributed by atoms with Crippen LogP contribution in [0.2, 0.25) is 5.02 Å². The van der Waals surface area contributed by atoms with Gasteiger partial charge < -0.3 is 9.47 Å². The molecular weight excluding hydrogens is 322 g/mol. The van der Waals surface area contributed by atoms with Crippen LogP contribution in [-0.4, -0.2) is 19.2 Å². The molecule has 0 saturated carbocycles. The quantitative estimate of drug-likeness (QED) is 0.639.